The normalized spacial score (nSPS) is 12.1. The summed E-state index contributed by atoms with van der Waals surface area (Å²) in [4.78, 5) is 7.59. The van der Waals surface area contributed by atoms with Gasteiger partial charge in [0.1, 0.15) is 11.2 Å². The van der Waals surface area contributed by atoms with E-state index in [9.17, 15) is 8.42 Å². The molecule has 0 saturated carbocycles. The monoisotopic (exact) mass is 306 g/mol. The van der Waals surface area contributed by atoms with Gasteiger partial charge in [0.2, 0.25) is 0 Å². The summed E-state index contributed by atoms with van der Waals surface area (Å²) in [5, 5.41) is 7.94. The fourth-order valence-corrected chi connectivity index (χ4v) is 2.91. The SMILES string of the molecule is CS(=O)(=O)c1cccc2[nH]c(-c3cn(CCN)nn3)nc12. The van der Waals surface area contributed by atoms with Crippen molar-refractivity contribution in [2.45, 2.75) is 11.4 Å². The number of imidazole rings is 1. The molecule has 3 aromatic rings. The fraction of sp³-hybridized carbons (Fsp3) is 0.250. The van der Waals surface area contributed by atoms with E-state index >= 15 is 0 Å². The van der Waals surface area contributed by atoms with Crippen molar-refractivity contribution in [2.75, 3.05) is 12.8 Å². The summed E-state index contributed by atoms with van der Waals surface area (Å²) in [6.45, 7) is 1.02. The van der Waals surface area contributed by atoms with Crippen molar-refractivity contribution >= 4 is 20.9 Å². The van der Waals surface area contributed by atoms with Crippen molar-refractivity contribution in [3.63, 3.8) is 0 Å². The zero-order valence-electron chi connectivity index (χ0n) is 11.3. The molecule has 0 unspecified atom stereocenters. The molecule has 0 aliphatic heterocycles. The van der Waals surface area contributed by atoms with E-state index in [1.54, 1.807) is 23.0 Å². The van der Waals surface area contributed by atoms with Crippen LogP contribution in [0.1, 0.15) is 0 Å². The highest BCUT2D eigenvalue weighted by molar-refractivity contribution is 7.91. The number of nitrogens with one attached hydrogen (secondary N) is 1. The highest BCUT2D eigenvalue weighted by atomic mass is 32.2. The predicted octanol–water partition coefficient (Wildman–Crippen LogP) is 0.184. The zero-order chi connectivity index (χ0) is 15.0. The minimum absolute atomic E-state index is 0.192. The van der Waals surface area contributed by atoms with Crippen LogP contribution in [-0.2, 0) is 16.4 Å². The first-order valence-electron chi connectivity index (χ1n) is 6.28. The van der Waals surface area contributed by atoms with E-state index in [4.69, 9.17) is 5.73 Å². The van der Waals surface area contributed by atoms with E-state index in [0.29, 0.717) is 35.6 Å². The van der Waals surface area contributed by atoms with Crippen LogP contribution in [0.25, 0.3) is 22.6 Å². The Morgan fingerprint density at radius 1 is 1.38 bits per heavy atom. The van der Waals surface area contributed by atoms with Gasteiger partial charge in [-0.2, -0.15) is 0 Å². The third-order valence-corrected chi connectivity index (χ3v) is 4.14. The van der Waals surface area contributed by atoms with Gasteiger partial charge in [-0.3, -0.25) is 4.68 Å². The number of aromatic amines is 1. The Bertz CT molecular complexity index is 896. The fourth-order valence-electron chi connectivity index (χ4n) is 2.07. The Morgan fingerprint density at radius 3 is 2.90 bits per heavy atom. The number of aromatic nitrogens is 5. The van der Waals surface area contributed by atoms with Crippen LogP contribution in [0, 0.1) is 0 Å². The number of nitrogens with two attached hydrogens (primary N) is 1. The minimum atomic E-state index is -3.34. The van der Waals surface area contributed by atoms with Crippen molar-refractivity contribution in [1.82, 2.24) is 25.0 Å². The molecule has 3 N–H and O–H groups in total. The molecule has 0 amide bonds. The number of H-pyrrole nitrogens is 1. The molecule has 2 heterocycles. The number of para-hydroxylation sites is 1. The van der Waals surface area contributed by atoms with Gasteiger partial charge in [0.25, 0.3) is 0 Å². The number of sulfone groups is 1. The zero-order valence-corrected chi connectivity index (χ0v) is 12.1. The van der Waals surface area contributed by atoms with Gasteiger partial charge in [-0.05, 0) is 12.1 Å². The molecule has 0 aliphatic carbocycles. The molecular weight excluding hydrogens is 292 g/mol. The van der Waals surface area contributed by atoms with E-state index in [0.717, 1.165) is 6.26 Å². The maximum absolute atomic E-state index is 11.8. The molecule has 3 rings (SSSR count). The second-order valence-electron chi connectivity index (χ2n) is 4.67. The van der Waals surface area contributed by atoms with Gasteiger partial charge in [-0.15, -0.1) is 5.10 Å². The molecule has 1 aromatic carbocycles. The van der Waals surface area contributed by atoms with Gasteiger partial charge in [0.15, 0.2) is 15.7 Å². The highest BCUT2D eigenvalue weighted by Crippen LogP contribution is 2.24. The van der Waals surface area contributed by atoms with Crippen LogP contribution in [0.2, 0.25) is 0 Å². The number of rotatable bonds is 4. The summed E-state index contributed by atoms with van der Waals surface area (Å²) < 4.78 is 25.2. The maximum Gasteiger partial charge on any atom is 0.177 e. The lowest BCUT2D eigenvalue weighted by Crippen LogP contribution is -2.10. The number of benzene rings is 1. The van der Waals surface area contributed by atoms with Crippen molar-refractivity contribution in [3.8, 4) is 11.5 Å². The number of hydrogen-bond donors (Lipinski definition) is 2. The van der Waals surface area contributed by atoms with Crippen molar-refractivity contribution in [3.05, 3.63) is 24.4 Å². The lowest BCUT2D eigenvalue weighted by molar-refractivity contribution is 0.598. The van der Waals surface area contributed by atoms with Gasteiger partial charge in [-0.1, -0.05) is 11.3 Å². The van der Waals surface area contributed by atoms with Crippen LogP contribution in [0.4, 0.5) is 0 Å². The highest BCUT2D eigenvalue weighted by Gasteiger charge is 2.16. The van der Waals surface area contributed by atoms with Crippen molar-refractivity contribution in [2.24, 2.45) is 5.73 Å². The average Bonchev–Trinajstić information content (AvgIpc) is 3.02. The lowest BCUT2D eigenvalue weighted by atomic mass is 10.3. The summed E-state index contributed by atoms with van der Waals surface area (Å²) in [5.41, 5.74) is 7.05. The summed E-state index contributed by atoms with van der Waals surface area (Å²) >= 11 is 0. The molecule has 0 fully saturated rings. The van der Waals surface area contributed by atoms with Crippen LogP contribution in [0.5, 0.6) is 0 Å². The molecule has 9 heteroatoms. The first-order valence-corrected chi connectivity index (χ1v) is 8.17. The Kier molecular flexibility index (Phi) is 3.22. The van der Waals surface area contributed by atoms with Crippen molar-refractivity contribution < 1.29 is 8.42 Å². The van der Waals surface area contributed by atoms with Gasteiger partial charge in [0, 0.05) is 12.8 Å². The van der Waals surface area contributed by atoms with Crippen LogP contribution in [-0.4, -0.2) is 46.2 Å². The van der Waals surface area contributed by atoms with E-state index < -0.39 is 9.84 Å². The van der Waals surface area contributed by atoms with Gasteiger partial charge in [-0.25, -0.2) is 13.4 Å². The molecule has 8 nitrogen and oxygen atoms in total. The van der Waals surface area contributed by atoms with Crippen LogP contribution < -0.4 is 5.73 Å². The predicted molar refractivity (Wildman–Crippen MR) is 77.3 cm³/mol. The molecule has 0 saturated heterocycles. The molecule has 0 radical (unpaired) electrons. The second kappa shape index (κ2) is 4.93. The summed E-state index contributed by atoms with van der Waals surface area (Å²) in [5.74, 6) is 0.476. The molecule has 0 atom stereocenters. The summed E-state index contributed by atoms with van der Waals surface area (Å²) in [6.07, 6.45) is 2.87. The Labute approximate surface area is 120 Å². The summed E-state index contributed by atoms with van der Waals surface area (Å²) in [6, 6.07) is 4.98. The van der Waals surface area contributed by atoms with Gasteiger partial charge in [0.05, 0.1) is 23.2 Å². The van der Waals surface area contributed by atoms with E-state index in [-0.39, 0.29) is 4.90 Å². The van der Waals surface area contributed by atoms with Crippen molar-refractivity contribution in [1.29, 1.82) is 0 Å². The molecule has 110 valence electrons. The lowest BCUT2D eigenvalue weighted by Gasteiger charge is -1.97. The van der Waals surface area contributed by atoms with Gasteiger partial charge >= 0.3 is 0 Å². The smallest absolute Gasteiger partial charge is 0.177 e. The number of hydrogen-bond acceptors (Lipinski definition) is 6. The van der Waals surface area contributed by atoms with Crippen LogP contribution in [0.15, 0.2) is 29.3 Å². The summed E-state index contributed by atoms with van der Waals surface area (Å²) in [7, 11) is -3.34. The molecule has 2 aromatic heterocycles. The quantitative estimate of drug-likeness (QED) is 0.709. The van der Waals surface area contributed by atoms with E-state index in [1.807, 2.05) is 0 Å². The molecule has 21 heavy (non-hydrogen) atoms. The third-order valence-electron chi connectivity index (χ3n) is 3.01. The average molecular weight is 306 g/mol. The Morgan fingerprint density at radius 2 is 2.19 bits per heavy atom. The molecule has 0 spiro atoms. The first-order chi connectivity index (χ1) is 9.99. The molecule has 0 aliphatic rings. The van der Waals surface area contributed by atoms with E-state index in [2.05, 4.69) is 20.3 Å². The van der Waals surface area contributed by atoms with Gasteiger partial charge < -0.3 is 10.7 Å². The Hall–Kier alpha value is -2.26. The standard InChI is InChI=1S/C12H14N6O2S/c1-21(19,20)10-4-2-3-8-11(10)15-12(14-8)9-7-18(6-5-13)17-16-9/h2-4,7H,5-6,13H2,1H3,(H,14,15). The maximum atomic E-state index is 11.8. The van der Waals surface area contributed by atoms with E-state index in [1.165, 1.54) is 6.07 Å². The Balaban J connectivity index is 2.12. The minimum Gasteiger partial charge on any atom is -0.336 e. The topological polar surface area (TPSA) is 120 Å². The van der Waals surface area contributed by atoms with Crippen LogP contribution in [0.3, 0.4) is 0 Å². The number of nitrogens with zero attached hydrogens (tertiary/aromatic N) is 4. The third kappa shape index (κ3) is 2.52. The number of fused-ring (bicyclic) bond motifs is 1. The van der Waals surface area contributed by atoms with Crippen LogP contribution >= 0.6 is 0 Å². The second-order valence-corrected chi connectivity index (χ2v) is 6.65. The molecule has 0 bridgehead atoms. The first kappa shape index (κ1) is 13.7. The molecular formula is C12H14N6O2S. The largest absolute Gasteiger partial charge is 0.336 e.